The minimum atomic E-state index is 0.759. The van der Waals surface area contributed by atoms with Gasteiger partial charge in [-0.2, -0.15) is 15.0 Å². The first-order chi connectivity index (χ1) is 6.27. The molecule has 2 N–H and O–H groups in total. The summed E-state index contributed by atoms with van der Waals surface area (Å²) in [6, 6.07) is 5.75. The van der Waals surface area contributed by atoms with Crippen LogP contribution >= 0.6 is 0 Å². The summed E-state index contributed by atoms with van der Waals surface area (Å²) in [5, 5.41) is 8.01. The van der Waals surface area contributed by atoms with Gasteiger partial charge in [0.2, 0.25) is 0 Å². The Balaban J connectivity index is 2.49. The van der Waals surface area contributed by atoms with Crippen molar-refractivity contribution < 1.29 is 0 Å². The van der Waals surface area contributed by atoms with Crippen molar-refractivity contribution >= 4 is 5.69 Å². The number of rotatable bonds is 1. The normalized spacial score (nSPS) is 10.2. The second-order valence-electron chi connectivity index (χ2n) is 2.86. The van der Waals surface area contributed by atoms with Crippen LogP contribution in [0, 0.1) is 6.92 Å². The van der Waals surface area contributed by atoms with Gasteiger partial charge in [0.25, 0.3) is 0 Å². The van der Waals surface area contributed by atoms with E-state index in [0.717, 1.165) is 16.9 Å². The first kappa shape index (κ1) is 7.79. The number of anilines is 1. The second-order valence-corrected chi connectivity index (χ2v) is 2.86. The van der Waals surface area contributed by atoms with E-state index in [9.17, 15) is 0 Å². The van der Waals surface area contributed by atoms with Crippen molar-refractivity contribution in [1.82, 2.24) is 15.0 Å². The molecule has 13 heavy (non-hydrogen) atoms. The summed E-state index contributed by atoms with van der Waals surface area (Å²) in [5.74, 6) is 0. The van der Waals surface area contributed by atoms with Gasteiger partial charge in [-0.25, -0.2) is 0 Å². The highest BCUT2D eigenvalue weighted by molar-refractivity contribution is 5.52. The maximum atomic E-state index is 5.76. The lowest BCUT2D eigenvalue weighted by atomic mass is 10.2. The molecule has 0 atom stereocenters. The molecule has 0 bridgehead atoms. The zero-order valence-corrected chi connectivity index (χ0v) is 7.31. The number of nitrogens with zero attached hydrogens (tertiary/aromatic N) is 3. The largest absolute Gasteiger partial charge is 0.398 e. The van der Waals surface area contributed by atoms with E-state index < -0.39 is 0 Å². The van der Waals surface area contributed by atoms with Gasteiger partial charge >= 0.3 is 0 Å². The predicted molar refractivity (Wildman–Crippen MR) is 50.5 cm³/mol. The van der Waals surface area contributed by atoms with E-state index in [0.29, 0.717) is 0 Å². The highest BCUT2D eigenvalue weighted by atomic mass is 15.5. The smallest absolute Gasteiger partial charge is 0.0877 e. The van der Waals surface area contributed by atoms with Crippen molar-refractivity contribution in [1.29, 1.82) is 0 Å². The molecule has 0 saturated heterocycles. The summed E-state index contributed by atoms with van der Waals surface area (Å²) in [5.41, 5.74) is 8.47. The number of benzene rings is 1. The summed E-state index contributed by atoms with van der Waals surface area (Å²) in [6.07, 6.45) is 3.27. The Kier molecular flexibility index (Phi) is 1.73. The maximum Gasteiger partial charge on any atom is 0.0877 e. The molecule has 2 rings (SSSR count). The lowest BCUT2D eigenvalue weighted by Crippen LogP contribution is -2.00. The number of hydrogen-bond acceptors (Lipinski definition) is 3. The minimum Gasteiger partial charge on any atom is -0.398 e. The highest BCUT2D eigenvalue weighted by Crippen LogP contribution is 2.14. The molecule has 4 nitrogen and oxygen atoms in total. The van der Waals surface area contributed by atoms with Crippen LogP contribution in [-0.2, 0) is 0 Å². The number of aromatic nitrogens is 3. The van der Waals surface area contributed by atoms with E-state index in [1.165, 1.54) is 4.80 Å². The van der Waals surface area contributed by atoms with Gasteiger partial charge in [-0.05, 0) is 24.6 Å². The molecule has 0 saturated carbocycles. The quantitative estimate of drug-likeness (QED) is 0.660. The van der Waals surface area contributed by atoms with Crippen LogP contribution in [0.4, 0.5) is 5.69 Å². The van der Waals surface area contributed by atoms with Crippen molar-refractivity contribution in [2.75, 3.05) is 5.73 Å². The van der Waals surface area contributed by atoms with Crippen molar-refractivity contribution in [2.45, 2.75) is 6.92 Å². The third kappa shape index (κ3) is 1.38. The minimum absolute atomic E-state index is 0.759. The molecule has 0 aliphatic rings. The van der Waals surface area contributed by atoms with Gasteiger partial charge in [-0.15, -0.1) is 0 Å². The van der Waals surface area contributed by atoms with Gasteiger partial charge < -0.3 is 5.73 Å². The number of hydrogen-bond donors (Lipinski definition) is 1. The fraction of sp³-hybridized carbons (Fsp3) is 0.111. The topological polar surface area (TPSA) is 56.7 Å². The Morgan fingerprint density at radius 2 is 1.92 bits per heavy atom. The molecule has 0 radical (unpaired) electrons. The van der Waals surface area contributed by atoms with Gasteiger partial charge in [0.05, 0.1) is 18.1 Å². The average Bonchev–Trinajstić information content (AvgIpc) is 2.62. The van der Waals surface area contributed by atoms with Crippen LogP contribution in [-0.4, -0.2) is 15.0 Å². The molecule has 0 unspecified atom stereocenters. The van der Waals surface area contributed by atoms with Gasteiger partial charge in [0, 0.05) is 5.69 Å². The zero-order valence-electron chi connectivity index (χ0n) is 7.31. The molecule has 0 fully saturated rings. The summed E-state index contributed by atoms with van der Waals surface area (Å²) >= 11 is 0. The lowest BCUT2D eigenvalue weighted by molar-refractivity contribution is 0.752. The Bertz CT molecular complexity index is 406. The average molecular weight is 174 g/mol. The second kappa shape index (κ2) is 2.90. The number of nitrogens with two attached hydrogens (primary N) is 1. The Morgan fingerprint density at radius 3 is 2.54 bits per heavy atom. The van der Waals surface area contributed by atoms with E-state index >= 15 is 0 Å². The molecule has 2 aromatic rings. The first-order valence-electron chi connectivity index (χ1n) is 4.00. The van der Waals surface area contributed by atoms with Crippen LogP contribution in [0.2, 0.25) is 0 Å². The molecule has 66 valence electrons. The highest BCUT2D eigenvalue weighted by Gasteiger charge is 1.99. The van der Waals surface area contributed by atoms with Gasteiger partial charge in [-0.3, -0.25) is 0 Å². The van der Waals surface area contributed by atoms with Crippen LogP contribution in [0.5, 0.6) is 0 Å². The monoisotopic (exact) mass is 174 g/mol. The van der Waals surface area contributed by atoms with Crippen molar-refractivity contribution in [3.63, 3.8) is 0 Å². The molecule has 1 aromatic heterocycles. The summed E-state index contributed by atoms with van der Waals surface area (Å²) in [7, 11) is 0. The third-order valence-corrected chi connectivity index (χ3v) is 1.91. The predicted octanol–water partition coefficient (Wildman–Crippen LogP) is 1.16. The first-order valence-corrected chi connectivity index (χ1v) is 4.00. The Morgan fingerprint density at radius 1 is 1.23 bits per heavy atom. The lowest BCUT2D eigenvalue weighted by Gasteiger charge is -2.02. The van der Waals surface area contributed by atoms with E-state index in [-0.39, 0.29) is 0 Å². The summed E-state index contributed by atoms with van der Waals surface area (Å²) < 4.78 is 0. The molecule has 0 spiro atoms. The summed E-state index contributed by atoms with van der Waals surface area (Å²) in [6.45, 7) is 1.97. The Hall–Kier alpha value is -1.84. The number of aryl methyl sites for hydroxylation is 1. The molecule has 0 aliphatic carbocycles. The third-order valence-electron chi connectivity index (χ3n) is 1.91. The van der Waals surface area contributed by atoms with Crippen LogP contribution in [0.1, 0.15) is 5.56 Å². The number of nitrogen functional groups attached to an aromatic ring is 1. The molecule has 0 amide bonds. The molecule has 4 heteroatoms. The molecular formula is C9H10N4. The maximum absolute atomic E-state index is 5.76. The van der Waals surface area contributed by atoms with E-state index in [1.807, 2.05) is 25.1 Å². The van der Waals surface area contributed by atoms with Crippen molar-refractivity contribution in [2.24, 2.45) is 0 Å². The molecule has 1 aromatic carbocycles. The zero-order chi connectivity index (χ0) is 9.26. The molecular weight excluding hydrogens is 164 g/mol. The van der Waals surface area contributed by atoms with Crippen LogP contribution in [0.25, 0.3) is 5.69 Å². The van der Waals surface area contributed by atoms with Gasteiger partial charge in [0.15, 0.2) is 0 Å². The van der Waals surface area contributed by atoms with Crippen LogP contribution < -0.4 is 5.73 Å². The van der Waals surface area contributed by atoms with Gasteiger partial charge in [0.1, 0.15) is 0 Å². The van der Waals surface area contributed by atoms with E-state index in [4.69, 9.17) is 5.73 Å². The molecule has 0 aliphatic heterocycles. The van der Waals surface area contributed by atoms with Gasteiger partial charge in [-0.1, -0.05) is 6.07 Å². The summed E-state index contributed by atoms with van der Waals surface area (Å²) in [4.78, 5) is 1.54. The van der Waals surface area contributed by atoms with E-state index in [1.54, 1.807) is 12.4 Å². The van der Waals surface area contributed by atoms with Crippen LogP contribution in [0.3, 0.4) is 0 Å². The standard InChI is InChI=1S/C9H10N4/c1-7-2-3-8(6-9(7)10)13-11-4-5-12-13/h2-6H,10H2,1H3. The van der Waals surface area contributed by atoms with E-state index in [2.05, 4.69) is 10.2 Å². The van der Waals surface area contributed by atoms with Crippen molar-refractivity contribution in [3.05, 3.63) is 36.2 Å². The van der Waals surface area contributed by atoms with Crippen LogP contribution in [0.15, 0.2) is 30.6 Å². The fourth-order valence-electron chi connectivity index (χ4n) is 1.10. The van der Waals surface area contributed by atoms with Crippen molar-refractivity contribution in [3.8, 4) is 5.69 Å². The SMILES string of the molecule is Cc1ccc(-n2nccn2)cc1N. The molecule has 1 heterocycles. The fourth-order valence-corrected chi connectivity index (χ4v) is 1.10. The Labute approximate surface area is 76.0 Å².